The van der Waals surface area contributed by atoms with Crippen LogP contribution in [0.4, 0.5) is 17.1 Å². The molecule has 306 valence electrons. The topological polar surface area (TPSA) is 46.8 Å². The summed E-state index contributed by atoms with van der Waals surface area (Å²) in [5.41, 5.74) is 17.5. The second-order valence-corrected chi connectivity index (χ2v) is 17.5. The van der Waals surface area contributed by atoms with Crippen LogP contribution in [0.2, 0.25) is 0 Å². The molecule has 66 heavy (non-hydrogen) atoms. The van der Waals surface area contributed by atoms with Gasteiger partial charge in [-0.1, -0.05) is 170 Å². The minimum absolute atomic E-state index is 0.0712. The van der Waals surface area contributed by atoms with Crippen LogP contribution in [-0.4, -0.2) is 26.3 Å². The van der Waals surface area contributed by atoms with Crippen molar-refractivity contribution in [2.45, 2.75) is 6.92 Å². The van der Waals surface area contributed by atoms with Gasteiger partial charge in [-0.2, -0.15) is 0 Å². The van der Waals surface area contributed by atoms with E-state index in [-0.39, 0.29) is 6.85 Å². The van der Waals surface area contributed by atoms with E-state index in [2.05, 4.69) is 192 Å². The molecule has 0 amide bonds. The van der Waals surface area contributed by atoms with Gasteiger partial charge in [-0.15, -0.1) is 0 Å². The molecule has 2 aliphatic heterocycles. The van der Waals surface area contributed by atoms with Crippen molar-refractivity contribution in [2.75, 3.05) is 4.90 Å². The summed E-state index contributed by atoms with van der Waals surface area (Å²) in [5, 5.41) is 7.67. The smallest absolute Gasteiger partial charge is 0.333 e. The normalized spacial score (nSPS) is 12.6. The van der Waals surface area contributed by atoms with Crippen LogP contribution in [0.25, 0.3) is 99.8 Å². The summed E-state index contributed by atoms with van der Waals surface area (Å²) in [5.74, 6) is 1.92. The summed E-state index contributed by atoms with van der Waals surface area (Å²) >= 11 is 0. The summed E-state index contributed by atoms with van der Waals surface area (Å²) in [6.45, 7) is 2.26. The van der Waals surface area contributed by atoms with E-state index < -0.39 is 0 Å². The van der Waals surface area contributed by atoms with Gasteiger partial charge >= 0.3 is 6.85 Å². The zero-order valence-electron chi connectivity index (χ0n) is 36.0. The molecule has 12 aromatic rings. The number of hydrogen-bond donors (Lipinski definition) is 0. The maximum atomic E-state index is 5.15. The van der Waals surface area contributed by atoms with E-state index in [0.29, 0.717) is 17.5 Å². The number of para-hydroxylation sites is 2. The van der Waals surface area contributed by atoms with Crippen molar-refractivity contribution in [3.8, 4) is 56.4 Å². The molecule has 10 aromatic carbocycles. The van der Waals surface area contributed by atoms with Crippen molar-refractivity contribution < 1.29 is 0 Å². The zero-order valence-corrected chi connectivity index (χ0v) is 36.0. The lowest BCUT2D eigenvalue weighted by atomic mass is 9.44. The molecule has 0 saturated heterocycles. The number of nitrogens with zero attached hydrogens (tertiary/aromatic N) is 5. The minimum Gasteiger partial charge on any atom is -0.375 e. The van der Waals surface area contributed by atoms with Gasteiger partial charge in [-0.3, -0.25) is 0 Å². The molecule has 14 rings (SSSR count). The Bertz CT molecular complexity index is 3900. The second-order valence-electron chi connectivity index (χ2n) is 17.5. The Kier molecular flexibility index (Phi) is 7.93. The predicted molar refractivity (Wildman–Crippen MR) is 275 cm³/mol. The van der Waals surface area contributed by atoms with Crippen molar-refractivity contribution in [1.82, 2.24) is 19.4 Å². The van der Waals surface area contributed by atoms with E-state index in [0.717, 1.165) is 27.9 Å². The first-order chi connectivity index (χ1) is 32.7. The summed E-state index contributed by atoms with van der Waals surface area (Å²) in [6.07, 6.45) is 0. The van der Waals surface area contributed by atoms with Crippen molar-refractivity contribution in [2.24, 2.45) is 0 Å². The molecule has 0 N–H and O–H groups in total. The summed E-state index contributed by atoms with van der Waals surface area (Å²) in [4.78, 5) is 17.8. The van der Waals surface area contributed by atoms with Crippen molar-refractivity contribution in [3.63, 3.8) is 0 Å². The third-order valence-corrected chi connectivity index (χ3v) is 13.9. The Morgan fingerprint density at radius 2 is 1.00 bits per heavy atom. The van der Waals surface area contributed by atoms with Crippen molar-refractivity contribution in [1.29, 1.82) is 0 Å². The molecule has 0 radical (unpaired) electrons. The van der Waals surface area contributed by atoms with Gasteiger partial charge in [0.25, 0.3) is 0 Å². The largest absolute Gasteiger partial charge is 0.375 e. The number of anilines is 3. The van der Waals surface area contributed by atoms with E-state index >= 15 is 0 Å². The first-order valence-electron chi connectivity index (χ1n) is 22.6. The molecule has 4 heterocycles. The summed E-state index contributed by atoms with van der Waals surface area (Å²) in [6, 6.07) is 76.5. The third-order valence-electron chi connectivity index (χ3n) is 13.9. The highest BCUT2D eigenvalue weighted by Crippen LogP contribution is 2.51. The van der Waals surface area contributed by atoms with E-state index in [1.54, 1.807) is 0 Å². The van der Waals surface area contributed by atoms with Crippen LogP contribution in [0.3, 0.4) is 0 Å². The second kappa shape index (κ2) is 14.2. The van der Waals surface area contributed by atoms with Crippen LogP contribution >= 0.6 is 0 Å². The van der Waals surface area contributed by atoms with E-state index in [9.17, 15) is 0 Å². The highest BCUT2D eigenvalue weighted by atomic mass is 15.2. The first-order valence-corrected chi connectivity index (χ1v) is 22.6. The molecule has 0 bridgehead atoms. The van der Waals surface area contributed by atoms with Gasteiger partial charge < -0.3 is 9.38 Å². The van der Waals surface area contributed by atoms with Crippen LogP contribution in [0.1, 0.15) is 5.56 Å². The lowest BCUT2D eigenvalue weighted by Crippen LogP contribution is -2.56. The molecule has 0 fully saturated rings. The number of benzene rings is 10. The standard InChI is InChI=1S/C60H38BN5/c1-37-47(41-24-17-25-43(34-41)60-63-58(39-19-5-2-6-20-39)62-59(64-60)40-21-7-3-8-22-40)36-52-56-53(37)48-35-42-23-12-14-29-46(42)55-54-45-28-13-11-18-38(45)32-33-51(54)66(57(48)55)61(56)49-30-15-16-31-50(49)65(52)44-26-9-4-10-27-44/h2-36H,1H3. The van der Waals surface area contributed by atoms with Gasteiger partial charge in [0, 0.05) is 61.1 Å². The Morgan fingerprint density at radius 1 is 0.424 bits per heavy atom. The van der Waals surface area contributed by atoms with E-state index in [4.69, 9.17) is 15.0 Å². The maximum Gasteiger partial charge on any atom is 0.333 e. The van der Waals surface area contributed by atoms with Crippen LogP contribution in [0.5, 0.6) is 0 Å². The number of aromatic nitrogens is 4. The van der Waals surface area contributed by atoms with Gasteiger partial charge in [0.05, 0.1) is 0 Å². The van der Waals surface area contributed by atoms with Gasteiger partial charge in [0.15, 0.2) is 17.5 Å². The fourth-order valence-corrected chi connectivity index (χ4v) is 11.1. The molecular weight excluding hydrogens is 802 g/mol. The monoisotopic (exact) mass is 839 g/mol. The van der Waals surface area contributed by atoms with Gasteiger partial charge in [-0.05, 0) is 104 Å². The summed E-state index contributed by atoms with van der Waals surface area (Å²) < 4.78 is 2.68. The van der Waals surface area contributed by atoms with Gasteiger partial charge in [-0.25, -0.2) is 15.0 Å². The minimum atomic E-state index is -0.0712. The van der Waals surface area contributed by atoms with Crippen LogP contribution < -0.4 is 15.8 Å². The fraction of sp³-hybridized carbons (Fsp3) is 0.0167. The fourth-order valence-electron chi connectivity index (χ4n) is 11.1. The van der Waals surface area contributed by atoms with Gasteiger partial charge in [0.2, 0.25) is 0 Å². The third kappa shape index (κ3) is 5.33. The molecule has 5 nitrogen and oxygen atoms in total. The Hall–Kier alpha value is -8.61. The molecule has 0 saturated carbocycles. The van der Waals surface area contributed by atoms with Crippen LogP contribution in [-0.2, 0) is 0 Å². The van der Waals surface area contributed by atoms with E-state index in [1.807, 2.05) is 36.4 Å². The first kappa shape index (κ1) is 36.8. The SMILES string of the molecule is Cc1c(-c2cccc(-c3nc(-c4ccccc4)nc(-c4ccccc4)n3)c2)cc2c3c1-c1cc4ccccc4c4c5c6ccccc6ccc5n(c14)B3c1ccccc1N2c1ccccc1. The molecule has 2 aromatic heterocycles. The Balaban J connectivity index is 1.08. The molecule has 0 spiro atoms. The van der Waals surface area contributed by atoms with Crippen molar-refractivity contribution in [3.05, 3.63) is 218 Å². The highest BCUT2D eigenvalue weighted by molar-refractivity contribution is 6.90. The number of rotatable bonds is 5. The Morgan fingerprint density at radius 3 is 1.73 bits per heavy atom. The average Bonchev–Trinajstić information content (AvgIpc) is 3.75. The van der Waals surface area contributed by atoms with Crippen molar-refractivity contribution >= 4 is 78.2 Å². The molecule has 0 atom stereocenters. The molecule has 0 unspecified atom stereocenters. The lowest BCUT2D eigenvalue weighted by Gasteiger charge is -2.41. The average molecular weight is 840 g/mol. The molecule has 2 aliphatic rings. The Labute approximate surface area is 382 Å². The van der Waals surface area contributed by atoms with Crippen LogP contribution in [0.15, 0.2) is 212 Å². The highest BCUT2D eigenvalue weighted by Gasteiger charge is 2.44. The number of hydrogen-bond acceptors (Lipinski definition) is 4. The predicted octanol–water partition coefficient (Wildman–Crippen LogP) is 13.7. The lowest BCUT2D eigenvalue weighted by molar-refractivity contribution is 1.07. The number of fused-ring (bicyclic) bond motifs is 11. The quantitative estimate of drug-likeness (QED) is 0.162. The zero-order chi connectivity index (χ0) is 43.5. The maximum absolute atomic E-state index is 5.15. The van der Waals surface area contributed by atoms with E-state index in [1.165, 1.54) is 87.9 Å². The summed E-state index contributed by atoms with van der Waals surface area (Å²) in [7, 11) is 0. The molecule has 0 aliphatic carbocycles. The molecule has 6 heteroatoms. The van der Waals surface area contributed by atoms with Crippen LogP contribution in [0, 0.1) is 6.92 Å². The van der Waals surface area contributed by atoms with Gasteiger partial charge in [0.1, 0.15) is 0 Å². The molecular formula is C60H38BN5.